The molecule has 124 valence electrons. The minimum Gasteiger partial charge on any atom is -0.497 e. The van der Waals surface area contributed by atoms with Crippen LogP contribution in [0.5, 0.6) is 5.75 Å². The van der Waals surface area contributed by atoms with Gasteiger partial charge in [-0.05, 0) is 36.8 Å². The van der Waals surface area contributed by atoms with Gasteiger partial charge in [-0.25, -0.2) is 9.79 Å². The van der Waals surface area contributed by atoms with Crippen molar-refractivity contribution >= 4 is 29.2 Å². The highest BCUT2D eigenvalue weighted by molar-refractivity contribution is 6.33. The summed E-state index contributed by atoms with van der Waals surface area (Å²) in [7, 11) is 4.67. The summed E-state index contributed by atoms with van der Waals surface area (Å²) in [6.07, 6.45) is 1.64. The normalized spacial score (nSPS) is 22.3. The second-order valence-corrected chi connectivity index (χ2v) is 5.67. The lowest BCUT2D eigenvalue weighted by Crippen LogP contribution is -2.59. The fourth-order valence-corrected chi connectivity index (χ4v) is 2.72. The summed E-state index contributed by atoms with van der Waals surface area (Å²) in [6.45, 7) is 1.85. The summed E-state index contributed by atoms with van der Waals surface area (Å²) in [5.41, 5.74) is 2.10. The molecule has 0 bridgehead atoms. The lowest BCUT2D eigenvalue weighted by Gasteiger charge is -2.37. The first kappa shape index (κ1) is 15.9. The maximum absolute atomic E-state index is 12.6. The summed E-state index contributed by atoms with van der Waals surface area (Å²) in [5.74, 6) is 0.137. The Morgan fingerprint density at radius 2 is 1.79 bits per heavy atom. The molecule has 0 saturated carbocycles. The fraction of sp³-hybridized carbons (Fsp3) is 0.294. The van der Waals surface area contributed by atoms with Crippen molar-refractivity contribution in [3.8, 4) is 5.75 Å². The number of carbonyl (C=O) groups excluding carboxylic acids is 2. The third kappa shape index (κ3) is 2.47. The smallest absolute Gasteiger partial charge is 0.331 e. The molecule has 3 amide bonds. The summed E-state index contributed by atoms with van der Waals surface area (Å²) in [4.78, 5) is 36.1. The zero-order valence-corrected chi connectivity index (χ0v) is 14.0. The first-order valence-corrected chi connectivity index (χ1v) is 7.46. The molecule has 7 nitrogen and oxygen atoms in total. The number of carbonyl (C=O) groups is 2. The van der Waals surface area contributed by atoms with Crippen molar-refractivity contribution in [1.29, 1.82) is 0 Å². The average Bonchev–Trinajstić information content (AvgIpc) is 2.60. The Labute approximate surface area is 139 Å². The maximum Gasteiger partial charge on any atom is 0.331 e. The number of rotatable bonds is 2. The molecular weight excluding hydrogens is 308 g/mol. The van der Waals surface area contributed by atoms with E-state index in [2.05, 4.69) is 9.98 Å². The minimum absolute atomic E-state index is 0.323. The van der Waals surface area contributed by atoms with Gasteiger partial charge in [0, 0.05) is 20.3 Å². The van der Waals surface area contributed by atoms with Crippen molar-refractivity contribution in [2.45, 2.75) is 6.92 Å². The zero-order valence-electron chi connectivity index (χ0n) is 14.0. The largest absolute Gasteiger partial charge is 0.497 e. The number of aliphatic imine (C=N–C) groups is 2. The average molecular weight is 326 g/mol. The number of imide groups is 1. The van der Waals surface area contributed by atoms with Crippen LogP contribution in [-0.4, -0.2) is 54.5 Å². The van der Waals surface area contributed by atoms with Crippen LogP contribution in [0, 0.1) is 5.92 Å². The highest BCUT2D eigenvalue weighted by Crippen LogP contribution is 2.28. The van der Waals surface area contributed by atoms with Gasteiger partial charge >= 0.3 is 6.03 Å². The van der Waals surface area contributed by atoms with Gasteiger partial charge in [0.25, 0.3) is 0 Å². The summed E-state index contributed by atoms with van der Waals surface area (Å²) >= 11 is 0. The van der Waals surface area contributed by atoms with Gasteiger partial charge in [-0.1, -0.05) is 0 Å². The van der Waals surface area contributed by atoms with E-state index in [0.717, 1.165) is 16.2 Å². The van der Waals surface area contributed by atoms with Crippen LogP contribution in [0.1, 0.15) is 6.92 Å². The van der Waals surface area contributed by atoms with E-state index in [1.54, 1.807) is 32.5 Å². The third-order valence-electron chi connectivity index (χ3n) is 4.14. The Morgan fingerprint density at radius 1 is 1.12 bits per heavy atom. The van der Waals surface area contributed by atoms with Crippen LogP contribution in [0.25, 0.3) is 0 Å². The molecular formula is C17H18N4O3. The number of allylic oxidation sites excluding steroid dienone is 1. The Hall–Kier alpha value is -2.96. The molecule has 2 aliphatic heterocycles. The number of benzene rings is 1. The molecule has 3 rings (SSSR count). The Bertz CT molecular complexity index is 793. The third-order valence-corrected chi connectivity index (χ3v) is 4.14. The van der Waals surface area contributed by atoms with Crippen molar-refractivity contribution in [1.82, 2.24) is 9.80 Å². The predicted molar refractivity (Wildman–Crippen MR) is 90.7 cm³/mol. The van der Waals surface area contributed by atoms with Gasteiger partial charge < -0.3 is 4.74 Å². The van der Waals surface area contributed by atoms with Crippen LogP contribution >= 0.6 is 0 Å². The lowest BCUT2D eigenvalue weighted by atomic mass is 9.91. The summed E-state index contributed by atoms with van der Waals surface area (Å²) in [6, 6.07) is 6.85. The van der Waals surface area contributed by atoms with Gasteiger partial charge in [-0.3, -0.25) is 19.6 Å². The predicted octanol–water partition coefficient (Wildman–Crippen LogP) is 2.22. The molecule has 1 fully saturated rings. The number of ether oxygens (including phenoxy) is 1. The molecule has 7 heteroatoms. The van der Waals surface area contributed by atoms with Gasteiger partial charge in [0.1, 0.15) is 17.5 Å². The molecule has 2 aliphatic rings. The van der Waals surface area contributed by atoms with Crippen LogP contribution in [-0.2, 0) is 4.79 Å². The van der Waals surface area contributed by atoms with Crippen LogP contribution in [0.4, 0.5) is 10.5 Å². The molecule has 1 aromatic rings. The molecule has 1 aromatic carbocycles. The van der Waals surface area contributed by atoms with Crippen molar-refractivity contribution < 1.29 is 14.3 Å². The molecule has 1 saturated heterocycles. The van der Waals surface area contributed by atoms with E-state index in [1.165, 1.54) is 11.9 Å². The van der Waals surface area contributed by atoms with Crippen LogP contribution in [0.3, 0.4) is 0 Å². The number of methoxy groups -OCH3 is 1. The highest BCUT2D eigenvalue weighted by Gasteiger charge is 2.45. The number of nitrogens with zero attached hydrogens (tertiary/aromatic N) is 4. The number of amidine groups is 1. The SMILES string of the molecule is COc1ccc(N=C2C(C)=CN=C3C2C(=O)N(C)C(=O)N3C)cc1. The number of hydrogen-bond donors (Lipinski definition) is 0. The van der Waals surface area contributed by atoms with Crippen LogP contribution in [0.2, 0.25) is 0 Å². The highest BCUT2D eigenvalue weighted by atomic mass is 16.5. The molecule has 0 aromatic heterocycles. The zero-order chi connectivity index (χ0) is 17.4. The Kier molecular flexibility index (Phi) is 3.92. The van der Waals surface area contributed by atoms with E-state index in [-0.39, 0.29) is 5.91 Å². The van der Waals surface area contributed by atoms with E-state index in [1.807, 2.05) is 19.1 Å². The molecule has 0 aliphatic carbocycles. The fourth-order valence-electron chi connectivity index (χ4n) is 2.72. The van der Waals surface area contributed by atoms with Gasteiger partial charge in [0.2, 0.25) is 5.91 Å². The van der Waals surface area contributed by atoms with E-state index in [4.69, 9.17) is 4.74 Å². The van der Waals surface area contributed by atoms with E-state index < -0.39 is 11.9 Å². The topological polar surface area (TPSA) is 74.6 Å². The van der Waals surface area contributed by atoms with Gasteiger partial charge in [-0.15, -0.1) is 0 Å². The number of urea groups is 1. The summed E-state index contributed by atoms with van der Waals surface area (Å²) < 4.78 is 5.14. The Balaban J connectivity index is 2.05. The second-order valence-electron chi connectivity index (χ2n) is 5.67. The molecule has 1 atom stereocenters. The first-order valence-electron chi connectivity index (χ1n) is 7.46. The van der Waals surface area contributed by atoms with Crippen LogP contribution < -0.4 is 4.74 Å². The Morgan fingerprint density at radius 3 is 2.42 bits per heavy atom. The van der Waals surface area contributed by atoms with E-state index >= 15 is 0 Å². The van der Waals surface area contributed by atoms with Gasteiger partial charge in [-0.2, -0.15) is 0 Å². The number of hydrogen-bond acceptors (Lipinski definition) is 5. The van der Waals surface area contributed by atoms with Crippen molar-refractivity contribution in [2.75, 3.05) is 21.2 Å². The molecule has 0 spiro atoms. The van der Waals surface area contributed by atoms with E-state index in [9.17, 15) is 9.59 Å². The quantitative estimate of drug-likeness (QED) is 0.836. The number of fused-ring (bicyclic) bond motifs is 1. The monoisotopic (exact) mass is 326 g/mol. The van der Waals surface area contributed by atoms with Crippen molar-refractivity contribution in [3.05, 3.63) is 36.0 Å². The second kappa shape index (κ2) is 5.92. The minimum atomic E-state index is -0.676. The van der Waals surface area contributed by atoms with Gasteiger partial charge in [0.05, 0.1) is 18.5 Å². The first-order chi connectivity index (χ1) is 11.4. The lowest BCUT2D eigenvalue weighted by molar-refractivity contribution is -0.128. The van der Waals surface area contributed by atoms with E-state index in [0.29, 0.717) is 17.2 Å². The molecule has 2 heterocycles. The van der Waals surface area contributed by atoms with Crippen molar-refractivity contribution in [2.24, 2.45) is 15.9 Å². The maximum atomic E-state index is 12.6. The van der Waals surface area contributed by atoms with Crippen molar-refractivity contribution in [3.63, 3.8) is 0 Å². The summed E-state index contributed by atoms with van der Waals surface area (Å²) in [5, 5.41) is 0. The molecule has 0 radical (unpaired) electrons. The molecule has 1 unspecified atom stereocenters. The number of amides is 3. The standard InChI is InChI=1S/C17H18N4O3/c1-10-9-18-15-13(16(22)21(3)17(23)20(15)2)14(10)19-11-5-7-12(24-4)8-6-11/h5-9,13H,1-4H3. The molecule has 24 heavy (non-hydrogen) atoms. The molecule has 0 N–H and O–H groups in total. The van der Waals surface area contributed by atoms with Crippen LogP contribution in [0.15, 0.2) is 46.0 Å². The van der Waals surface area contributed by atoms with Gasteiger partial charge in [0.15, 0.2) is 0 Å².